The number of aryl methyl sites for hydroxylation is 2. The highest BCUT2D eigenvalue weighted by Crippen LogP contribution is 2.32. The van der Waals surface area contributed by atoms with Gasteiger partial charge in [0.2, 0.25) is 0 Å². The lowest BCUT2D eigenvalue weighted by molar-refractivity contribution is 0.305. The summed E-state index contributed by atoms with van der Waals surface area (Å²) in [5.41, 5.74) is 2.77. The molecule has 0 aromatic heterocycles. The van der Waals surface area contributed by atoms with Gasteiger partial charge >= 0.3 is 0 Å². The fourth-order valence-corrected chi connectivity index (χ4v) is 3.36. The van der Waals surface area contributed by atoms with Gasteiger partial charge in [-0.1, -0.05) is 44.2 Å². The molecule has 0 bridgehead atoms. The third-order valence-corrected chi connectivity index (χ3v) is 4.50. The summed E-state index contributed by atoms with van der Waals surface area (Å²) in [6, 6.07) is 4.37. The van der Waals surface area contributed by atoms with Crippen LogP contribution < -0.4 is 5.32 Å². The maximum Gasteiger partial charge on any atom is 0.129 e. The molecule has 1 unspecified atom stereocenters. The first kappa shape index (κ1) is 14.5. The van der Waals surface area contributed by atoms with Crippen LogP contribution in [0, 0.1) is 25.6 Å². The van der Waals surface area contributed by atoms with Gasteiger partial charge in [0.05, 0.1) is 0 Å². The summed E-state index contributed by atoms with van der Waals surface area (Å²) in [6.07, 6.45) is 8.05. The molecule has 19 heavy (non-hydrogen) atoms. The van der Waals surface area contributed by atoms with Crippen LogP contribution in [0.2, 0.25) is 0 Å². The molecule has 0 saturated heterocycles. The summed E-state index contributed by atoms with van der Waals surface area (Å²) in [5.74, 6) is 0.771. The molecule has 106 valence electrons. The minimum Gasteiger partial charge on any atom is -0.313 e. The normalized spacial score (nSPS) is 18.5. The largest absolute Gasteiger partial charge is 0.313 e. The molecule has 0 amide bonds. The van der Waals surface area contributed by atoms with Crippen molar-refractivity contribution in [2.24, 2.45) is 5.92 Å². The summed E-state index contributed by atoms with van der Waals surface area (Å²) in [5, 5.41) is 3.42. The molecule has 1 aliphatic rings. The van der Waals surface area contributed by atoms with E-state index in [4.69, 9.17) is 0 Å². The number of hydrogen-bond acceptors (Lipinski definition) is 1. The average molecular weight is 263 g/mol. The Bertz CT molecular complexity index is 398. The predicted molar refractivity (Wildman–Crippen MR) is 78.9 cm³/mol. The smallest absolute Gasteiger partial charge is 0.129 e. The second-order valence-corrected chi connectivity index (χ2v) is 6.05. The lowest BCUT2D eigenvalue weighted by atomic mass is 9.83. The van der Waals surface area contributed by atoms with Crippen molar-refractivity contribution in [2.75, 3.05) is 7.05 Å². The van der Waals surface area contributed by atoms with Gasteiger partial charge in [0.25, 0.3) is 0 Å². The zero-order chi connectivity index (χ0) is 13.8. The van der Waals surface area contributed by atoms with Crippen LogP contribution in [-0.2, 0) is 0 Å². The zero-order valence-corrected chi connectivity index (χ0v) is 12.4. The van der Waals surface area contributed by atoms with E-state index in [-0.39, 0.29) is 5.82 Å². The molecular weight excluding hydrogens is 237 g/mol. The molecule has 1 saturated carbocycles. The van der Waals surface area contributed by atoms with Gasteiger partial charge in [-0.2, -0.15) is 0 Å². The number of halogens is 1. The first-order valence-corrected chi connectivity index (χ1v) is 7.55. The molecule has 1 N–H and O–H groups in total. The molecule has 1 atom stereocenters. The molecule has 2 rings (SSSR count). The van der Waals surface area contributed by atoms with Crippen LogP contribution >= 0.6 is 0 Å². The minimum absolute atomic E-state index is 0.0590. The molecule has 2 heteroatoms. The van der Waals surface area contributed by atoms with Crippen molar-refractivity contribution in [3.63, 3.8) is 0 Å². The van der Waals surface area contributed by atoms with Crippen molar-refractivity contribution in [2.45, 2.75) is 58.4 Å². The van der Waals surface area contributed by atoms with Crippen LogP contribution in [-0.4, -0.2) is 7.05 Å². The maximum atomic E-state index is 13.7. The van der Waals surface area contributed by atoms with E-state index in [1.807, 2.05) is 33.0 Å². The van der Waals surface area contributed by atoms with E-state index < -0.39 is 0 Å². The lowest BCUT2D eigenvalue weighted by Gasteiger charge is -2.27. The van der Waals surface area contributed by atoms with Crippen molar-refractivity contribution < 1.29 is 4.39 Å². The van der Waals surface area contributed by atoms with Crippen LogP contribution in [0.5, 0.6) is 0 Å². The summed E-state index contributed by atoms with van der Waals surface area (Å²) in [4.78, 5) is 0. The first-order chi connectivity index (χ1) is 9.11. The predicted octanol–water partition coefficient (Wildman–Crippen LogP) is 4.67. The molecule has 1 aromatic rings. The molecule has 1 nitrogen and oxygen atoms in total. The third kappa shape index (κ3) is 3.56. The van der Waals surface area contributed by atoms with Crippen molar-refractivity contribution in [3.8, 4) is 0 Å². The van der Waals surface area contributed by atoms with Crippen LogP contribution in [0.15, 0.2) is 12.1 Å². The van der Waals surface area contributed by atoms with E-state index in [0.29, 0.717) is 6.04 Å². The summed E-state index contributed by atoms with van der Waals surface area (Å²) in [6.45, 7) is 3.72. The highest BCUT2D eigenvalue weighted by atomic mass is 19.1. The summed E-state index contributed by atoms with van der Waals surface area (Å²) in [7, 11) is 2.02. The lowest BCUT2D eigenvalue weighted by Crippen LogP contribution is -2.21. The van der Waals surface area contributed by atoms with E-state index in [1.165, 1.54) is 44.1 Å². The second kappa shape index (κ2) is 6.51. The third-order valence-electron chi connectivity index (χ3n) is 4.50. The standard InChI is InChI=1S/C17H26FN/c1-12-9-15(10-13(2)17(12)18)16(19-3)11-14-7-5-4-6-8-14/h9-10,14,16,19H,4-8,11H2,1-3H3. The van der Waals surface area contributed by atoms with Crippen LogP contribution in [0.4, 0.5) is 4.39 Å². The Labute approximate surface area is 116 Å². The van der Waals surface area contributed by atoms with E-state index in [1.54, 1.807) is 0 Å². The Kier molecular flexibility index (Phi) is 4.98. The highest BCUT2D eigenvalue weighted by molar-refractivity contribution is 5.32. The number of benzene rings is 1. The monoisotopic (exact) mass is 263 g/mol. The molecular formula is C17H26FN. The van der Waals surface area contributed by atoms with Crippen LogP contribution in [0.1, 0.15) is 61.3 Å². The molecule has 0 aliphatic heterocycles. The summed E-state index contributed by atoms with van der Waals surface area (Å²) >= 11 is 0. The fourth-order valence-electron chi connectivity index (χ4n) is 3.36. The molecule has 1 aliphatic carbocycles. The van der Waals surface area contributed by atoms with Crippen molar-refractivity contribution in [1.29, 1.82) is 0 Å². The van der Waals surface area contributed by atoms with Gasteiger partial charge in [0.15, 0.2) is 0 Å². The Balaban J connectivity index is 2.12. The number of hydrogen-bond donors (Lipinski definition) is 1. The molecule has 1 fully saturated rings. The van der Waals surface area contributed by atoms with E-state index in [9.17, 15) is 4.39 Å². The SMILES string of the molecule is CNC(CC1CCCCC1)c1cc(C)c(F)c(C)c1. The van der Waals surface area contributed by atoms with Crippen LogP contribution in [0.25, 0.3) is 0 Å². The van der Waals surface area contributed by atoms with Gasteiger partial charge in [0, 0.05) is 6.04 Å². The number of nitrogens with one attached hydrogen (secondary N) is 1. The second-order valence-electron chi connectivity index (χ2n) is 6.05. The Hall–Kier alpha value is -0.890. The van der Waals surface area contributed by atoms with Crippen molar-refractivity contribution in [1.82, 2.24) is 5.32 Å². The maximum absolute atomic E-state index is 13.7. The van der Waals surface area contributed by atoms with Gasteiger partial charge in [-0.3, -0.25) is 0 Å². The highest BCUT2D eigenvalue weighted by Gasteiger charge is 2.20. The minimum atomic E-state index is -0.0590. The van der Waals surface area contributed by atoms with Gasteiger partial charge < -0.3 is 5.32 Å². The van der Waals surface area contributed by atoms with Gasteiger partial charge in [0.1, 0.15) is 5.82 Å². The van der Waals surface area contributed by atoms with Crippen molar-refractivity contribution in [3.05, 3.63) is 34.6 Å². The van der Waals surface area contributed by atoms with E-state index in [0.717, 1.165) is 17.0 Å². The quantitative estimate of drug-likeness (QED) is 0.832. The molecule has 0 radical (unpaired) electrons. The Morgan fingerprint density at radius 2 is 1.74 bits per heavy atom. The first-order valence-electron chi connectivity index (χ1n) is 7.55. The fraction of sp³-hybridized carbons (Fsp3) is 0.647. The zero-order valence-electron chi connectivity index (χ0n) is 12.4. The Morgan fingerprint density at radius 3 is 2.26 bits per heavy atom. The van der Waals surface area contributed by atoms with E-state index in [2.05, 4.69) is 5.32 Å². The Morgan fingerprint density at radius 1 is 1.16 bits per heavy atom. The van der Waals surface area contributed by atoms with Gasteiger partial charge in [-0.25, -0.2) is 4.39 Å². The van der Waals surface area contributed by atoms with Gasteiger partial charge in [-0.15, -0.1) is 0 Å². The molecule has 0 heterocycles. The summed E-state index contributed by atoms with van der Waals surface area (Å²) < 4.78 is 13.7. The van der Waals surface area contributed by atoms with E-state index >= 15 is 0 Å². The molecule has 0 spiro atoms. The average Bonchev–Trinajstić information content (AvgIpc) is 2.42. The van der Waals surface area contributed by atoms with Gasteiger partial charge in [-0.05, 0) is 49.9 Å². The topological polar surface area (TPSA) is 12.0 Å². The molecule has 1 aromatic carbocycles. The van der Waals surface area contributed by atoms with Crippen LogP contribution in [0.3, 0.4) is 0 Å². The number of rotatable bonds is 4. The van der Waals surface area contributed by atoms with Crippen molar-refractivity contribution >= 4 is 0 Å².